The summed E-state index contributed by atoms with van der Waals surface area (Å²) in [5.74, 6) is 0. The number of rotatable bonds is 0. The molecular weight excluding hydrogens is 258 g/mol. The molecule has 0 bridgehead atoms. The van der Waals surface area contributed by atoms with Gasteiger partial charge in [0.15, 0.2) is 8.73 Å². The standard InChI is InChI=1S/C7H6N2S.C3H3NS2/c10-7-8-5-3-1-2-4-6(5)9-7;5-3-4-1-2-6-3/h1-4H,(H2,8,9,10);1-2H,(H,4,5). The number of fused-ring (bicyclic) bond motifs is 1. The Hall–Kier alpha value is -1.24. The second-order valence-electron chi connectivity index (χ2n) is 2.98. The molecule has 0 saturated heterocycles. The maximum atomic E-state index is 4.90. The Morgan fingerprint density at radius 1 is 1.00 bits per heavy atom. The number of benzene rings is 1. The number of H-pyrrole nitrogens is 3. The van der Waals surface area contributed by atoms with Crippen LogP contribution in [0.25, 0.3) is 11.0 Å². The molecule has 0 atom stereocenters. The average molecular weight is 267 g/mol. The summed E-state index contributed by atoms with van der Waals surface area (Å²) in [4.78, 5) is 8.87. The van der Waals surface area contributed by atoms with Gasteiger partial charge in [0.05, 0.1) is 11.0 Å². The van der Waals surface area contributed by atoms with Crippen molar-refractivity contribution in [3.8, 4) is 0 Å². The van der Waals surface area contributed by atoms with E-state index >= 15 is 0 Å². The molecule has 6 heteroatoms. The maximum Gasteiger partial charge on any atom is 0.175 e. The normalized spacial score (nSPS) is 9.75. The third kappa shape index (κ3) is 2.88. The van der Waals surface area contributed by atoms with Gasteiger partial charge in [-0.2, -0.15) is 0 Å². The lowest BCUT2D eigenvalue weighted by Gasteiger charge is -1.82. The minimum absolute atomic E-state index is 0.682. The molecule has 16 heavy (non-hydrogen) atoms. The number of hydrogen-bond donors (Lipinski definition) is 3. The first kappa shape index (κ1) is 11.3. The first-order chi connectivity index (χ1) is 7.75. The Balaban J connectivity index is 0.000000138. The highest BCUT2D eigenvalue weighted by molar-refractivity contribution is 7.73. The third-order valence-corrected chi connectivity index (χ3v) is 3.08. The highest BCUT2D eigenvalue weighted by Gasteiger charge is 1.90. The maximum absolute atomic E-state index is 4.90. The summed E-state index contributed by atoms with van der Waals surface area (Å²) in [5, 5.41) is 1.92. The predicted octanol–water partition coefficient (Wildman–Crippen LogP) is 4.03. The Kier molecular flexibility index (Phi) is 3.66. The van der Waals surface area contributed by atoms with Crippen LogP contribution in [0.1, 0.15) is 0 Å². The van der Waals surface area contributed by atoms with Gasteiger partial charge in [-0.25, -0.2) is 0 Å². The second-order valence-corrected chi connectivity index (χ2v) is 4.97. The molecule has 3 aromatic rings. The number of thiazole rings is 1. The second kappa shape index (κ2) is 5.20. The molecule has 0 aliphatic rings. The van der Waals surface area contributed by atoms with Crippen molar-refractivity contribution in [1.82, 2.24) is 15.0 Å². The SMILES string of the molecule is S=c1[nH]c2ccccc2[nH]1.S=c1[nH]ccs1. The topological polar surface area (TPSA) is 47.4 Å². The van der Waals surface area contributed by atoms with Crippen molar-refractivity contribution in [1.29, 1.82) is 0 Å². The lowest BCUT2D eigenvalue weighted by atomic mass is 10.3. The van der Waals surface area contributed by atoms with E-state index in [0.717, 1.165) is 15.0 Å². The summed E-state index contributed by atoms with van der Waals surface area (Å²) in [7, 11) is 0. The quantitative estimate of drug-likeness (QED) is 0.538. The van der Waals surface area contributed by atoms with Crippen molar-refractivity contribution < 1.29 is 0 Å². The van der Waals surface area contributed by atoms with Gasteiger partial charge in [-0.1, -0.05) is 12.1 Å². The van der Waals surface area contributed by atoms with Gasteiger partial charge >= 0.3 is 0 Å². The highest BCUT2D eigenvalue weighted by atomic mass is 32.1. The smallest absolute Gasteiger partial charge is 0.175 e. The van der Waals surface area contributed by atoms with Crippen LogP contribution >= 0.6 is 35.8 Å². The van der Waals surface area contributed by atoms with Crippen LogP contribution in [0.2, 0.25) is 0 Å². The summed E-state index contributed by atoms with van der Waals surface area (Å²) >= 11 is 11.1. The van der Waals surface area contributed by atoms with E-state index in [1.807, 2.05) is 35.8 Å². The highest BCUT2D eigenvalue weighted by Crippen LogP contribution is 2.06. The van der Waals surface area contributed by atoms with Gasteiger partial charge in [-0.15, -0.1) is 11.3 Å². The zero-order valence-electron chi connectivity index (χ0n) is 8.19. The van der Waals surface area contributed by atoms with Crippen molar-refractivity contribution in [2.24, 2.45) is 0 Å². The van der Waals surface area contributed by atoms with Crippen LogP contribution in [0.3, 0.4) is 0 Å². The third-order valence-electron chi connectivity index (χ3n) is 1.87. The molecule has 0 radical (unpaired) electrons. The molecule has 0 saturated carbocycles. The Bertz CT molecular complexity index is 621. The molecule has 0 unspecified atom stereocenters. The number of para-hydroxylation sites is 2. The lowest BCUT2D eigenvalue weighted by molar-refractivity contribution is 1.30. The van der Waals surface area contributed by atoms with E-state index in [1.165, 1.54) is 11.3 Å². The van der Waals surface area contributed by atoms with Crippen LogP contribution in [-0.2, 0) is 0 Å². The molecule has 2 heterocycles. The molecule has 0 aliphatic heterocycles. The molecule has 3 N–H and O–H groups in total. The van der Waals surface area contributed by atoms with Crippen LogP contribution in [-0.4, -0.2) is 15.0 Å². The van der Waals surface area contributed by atoms with E-state index in [0.29, 0.717) is 4.77 Å². The molecule has 1 aromatic carbocycles. The minimum Gasteiger partial charge on any atom is -0.344 e. The molecule has 2 aromatic heterocycles. The van der Waals surface area contributed by atoms with E-state index in [1.54, 1.807) is 0 Å². The fourth-order valence-corrected chi connectivity index (χ4v) is 2.06. The van der Waals surface area contributed by atoms with Crippen molar-refractivity contribution in [2.75, 3.05) is 0 Å². The molecule has 0 spiro atoms. The van der Waals surface area contributed by atoms with E-state index in [4.69, 9.17) is 24.4 Å². The van der Waals surface area contributed by atoms with Gasteiger partial charge < -0.3 is 15.0 Å². The van der Waals surface area contributed by atoms with Gasteiger partial charge in [0.1, 0.15) is 0 Å². The van der Waals surface area contributed by atoms with Crippen molar-refractivity contribution in [3.63, 3.8) is 0 Å². The van der Waals surface area contributed by atoms with Crippen LogP contribution in [0.4, 0.5) is 0 Å². The molecule has 82 valence electrons. The Labute approximate surface area is 106 Å². The minimum atomic E-state index is 0.682. The zero-order valence-corrected chi connectivity index (χ0v) is 10.6. The number of hydrogen-bond acceptors (Lipinski definition) is 3. The van der Waals surface area contributed by atoms with Gasteiger partial charge in [0.2, 0.25) is 0 Å². The molecule has 0 aliphatic carbocycles. The first-order valence-corrected chi connectivity index (χ1v) is 6.24. The summed E-state index contributed by atoms with van der Waals surface area (Å²) in [6, 6.07) is 7.92. The predicted molar refractivity (Wildman–Crippen MR) is 73.0 cm³/mol. The summed E-state index contributed by atoms with van der Waals surface area (Å²) < 4.78 is 1.52. The molecule has 3 nitrogen and oxygen atoms in total. The van der Waals surface area contributed by atoms with Crippen molar-refractivity contribution in [3.05, 3.63) is 44.6 Å². The monoisotopic (exact) mass is 267 g/mol. The van der Waals surface area contributed by atoms with Crippen molar-refractivity contribution in [2.45, 2.75) is 0 Å². The van der Waals surface area contributed by atoms with E-state index in [-0.39, 0.29) is 0 Å². The van der Waals surface area contributed by atoms with E-state index in [2.05, 4.69) is 15.0 Å². The van der Waals surface area contributed by atoms with Crippen LogP contribution in [0.5, 0.6) is 0 Å². The lowest BCUT2D eigenvalue weighted by Crippen LogP contribution is -1.63. The van der Waals surface area contributed by atoms with E-state index < -0.39 is 0 Å². The van der Waals surface area contributed by atoms with E-state index in [9.17, 15) is 0 Å². The van der Waals surface area contributed by atoms with Crippen LogP contribution in [0, 0.1) is 8.73 Å². The van der Waals surface area contributed by atoms with Gasteiger partial charge in [-0.3, -0.25) is 0 Å². The Morgan fingerprint density at radius 2 is 1.62 bits per heavy atom. The molecule has 0 fully saturated rings. The number of imidazole rings is 1. The largest absolute Gasteiger partial charge is 0.344 e. The summed E-state index contributed by atoms with van der Waals surface area (Å²) in [6.45, 7) is 0. The van der Waals surface area contributed by atoms with Crippen molar-refractivity contribution >= 4 is 46.8 Å². The van der Waals surface area contributed by atoms with Crippen LogP contribution < -0.4 is 0 Å². The number of nitrogens with one attached hydrogen (secondary N) is 3. The summed E-state index contributed by atoms with van der Waals surface area (Å²) in [6.07, 6.45) is 1.83. The first-order valence-electron chi connectivity index (χ1n) is 4.55. The van der Waals surface area contributed by atoms with Gasteiger partial charge in [0, 0.05) is 11.6 Å². The van der Waals surface area contributed by atoms with Gasteiger partial charge in [0.25, 0.3) is 0 Å². The number of aromatic amines is 3. The Morgan fingerprint density at radius 3 is 2.00 bits per heavy atom. The van der Waals surface area contributed by atoms with Crippen LogP contribution in [0.15, 0.2) is 35.8 Å². The fourth-order valence-electron chi connectivity index (χ4n) is 1.21. The summed E-state index contributed by atoms with van der Waals surface area (Å²) in [5.41, 5.74) is 2.13. The fraction of sp³-hybridized carbons (Fsp3) is 0. The molecule has 3 rings (SSSR count). The molecule has 0 amide bonds. The zero-order chi connectivity index (χ0) is 11.4. The molecular formula is C10H9N3S3. The number of aromatic nitrogens is 3. The van der Waals surface area contributed by atoms with Gasteiger partial charge in [-0.05, 0) is 36.6 Å². The average Bonchev–Trinajstić information content (AvgIpc) is 2.86.